The lowest BCUT2D eigenvalue weighted by Crippen LogP contribution is -1.90. The van der Waals surface area contributed by atoms with Crippen molar-refractivity contribution in [3.63, 3.8) is 0 Å². The zero-order valence-electron chi connectivity index (χ0n) is 69.9. The highest BCUT2D eigenvalue weighted by Crippen LogP contribution is 2.39. The van der Waals surface area contributed by atoms with Crippen molar-refractivity contribution in [2.24, 2.45) is 0 Å². The lowest BCUT2D eigenvalue weighted by Gasteiger charge is -2.11. The molecule has 7 aromatic carbocycles. The summed E-state index contributed by atoms with van der Waals surface area (Å²) < 4.78 is 0. The fourth-order valence-electron chi connectivity index (χ4n) is 14.6. The second kappa shape index (κ2) is 40.5. The maximum atomic E-state index is 4.58. The summed E-state index contributed by atoms with van der Waals surface area (Å²) in [5, 5.41) is 0. The summed E-state index contributed by atoms with van der Waals surface area (Å²) in [6.07, 6.45) is 38.8. The molecule has 0 bridgehead atoms. The molecule has 0 radical (unpaired) electrons. The van der Waals surface area contributed by atoms with E-state index in [1.165, 1.54) is 38.9 Å². The van der Waals surface area contributed by atoms with Crippen LogP contribution in [0.1, 0.15) is 27.8 Å². The zero-order chi connectivity index (χ0) is 85.3. The van der Waals surface area contributed by atoms with E-state index in [9.17, 15) is 0 Å². The molecule has 0 amide bonds. The van der Waals surface area contributed by atoms with Crippen molar-refractivity contribution in [1.82, 2.24) is 64.8 Å². The molecule has 0 aliphatic carbocycles. The lowest BCUT2D eigenvalue weighted by molar-refractivity contribution is 1.27. The van der Waals surface area contributed by atoms with Crippen LogP contribution in [-0.2, 0) is 0 Å². The number of nitrogens with zero attached hydrogens (tertiary/aromatic N) is 13. The van der Waals surface area contributed by atoms with E-state index >= 15 is 0 Å². The molecular formula is C112H87N13. The highest BCUT2D eigenvalue weighted by Gasteiger charge is 2.16. The van der Waals surface area contributed by atoms with E-state index < -0.39 is 0 Å². The van der Waals surface area contributed by atoms with Crippen LogP contribution in [0, 0.1) is 34.6 Å². The van der Waals surface area contributed by atoms with Crippen molar-refractivity contribution in [3.8, 4) is 168 Å². The number of rotatable bonds is 15. The van der Waals surface area contributed by atoms with E-state index in [1.807, 2.05) is 221 Å². The Kier molecular flexibility index (Phi) is 26.6. The molecule has 0 unspecified atom stereocenters. The van der Waals surface area contributed by atoms with E-state index in [-0.39, 0.29) is 0 Å². The Labute approximate surface area is 729 Å². The molecule has 20 rings (SSSR count). The van der Waals surface area contributed by atoms with Gasteiger partial charge >= 0.3 is 0 Å². The molecule has 0 N–H and O–H groups in total. The van der Waals surface area contributed by atoms with Gasteiger partial charge in [0.15, 0.2) is 0 Å². The third kappa shape index (κ3) is 21.9. The van der Waals surface area contributed by atoms with Crippen LogP contribution in [0.3, 0.4) is 0 Å². The Morgan fingerprint density at radius 2 is 0.360 bits per heavy atom. The van der Waals surface area contributed by atoms with Gasteiger partial charge in [-0.05, 0) is 353 Å². The first-order chi connectivity index (χ1) is 61.5. The monoisotopic (exact) mass is 1610 g/mol. The van der Waals surface area contributed by atoms with Crippen LogP contribution in [0.2, 0.25) is 0 Å². The highest BCUT2D eigenvalue weighted by atomic mass is 14.7. The second-order valence-corrected chi connectivity index (χ2v) is 30.3. The van der Waals surface area contributed by atoms with Crippen LogP contribution >= 0.6 is 0 Å². The lowest BCUT2D eigenvalue weighted by atomic mass is 9.94. The predicted molar refractivity (Wildman–Crippen MR) is 509 cm³/mol. The molecule has 600 valence electrons. The van der Waals surface area contributed by atoms with Gasteiger partial charge in [0.25, 0.3) is 0 Å². The van der Waals surface area contributed by atoms with Crippen LogP contribution in [0.15, 0.2) is 440 Å². The molecular weight excluding hydrogens is 1530 g/mol. The Balaban J connectivity index is 0.000000115. The molecule has 0 fully saturated rings. The average Bonchev–Trinajstić information content (AvgIpc) is 0.822. The first-order valence-corrected chi connectivity index (χ1v) is 41.2. The summed E-state index contributed by atoms with van der Waals surface area (Å²) >= 11 is 0. The second-order valence-electron chi connectivity index (χ2n) is 30.3. The van der Waals surface area contributed by atoms with Gasteiger partial charge in [0.05, 0.1) is 28.5 Å². The summed E-state index contributed by atoms with van der Waals surface area (Å²) in [5.74, 6) is 0. The van der Waals surface area contributed by atoms with E-state index in [0.717, 1.165) is 156 Å². The maximum Gasteiger partial charge on any atom is 0.0705 e. The van der Waals surface area contributed by atoms with Gasteiger partial charge in [-0.15, -0.1) is 0 Å². The van der Waals surface area contributed by atoms with E-state index in [0.29, 0.717) is 0 Å². The fourth-order valence-corrected chi connectivity index (χ4v) is 14.6. The largest absolute Gasteiger partial charge is 0.265 e. The molecule has 0 spiro atoms. The van der Waals surface area contributed by atoms with Gasteiger partial charge in [-0.1, -0.05) is 97.1 Å². The minimum atomic E-state index is 0.939. The van der Waals surface area contributed by atoms with Gasteiger partial charge in [-0.25, -0.2) is 0 Å². The third-order valence-electron chi connectivity index (χ3n) is 20.9. The summed E-state index contributed by atoms with van der Waals surface area (Å²) in [6.45, 7) is 10.4. The molecule has 13 aromatic heterocycles. The number of pyridine rings is 13. The summed E-state index contributed by atoms with van der Waals surface area (Å²) in [7, 11) is 0. The molecule has 20 aromatic rings. The first-order valence-electron chi connectivity index (χ1n) is 41.2. The van der Waals surface area contributed by atoms with Crippen LogP contribution in [0.4, 0.5) is 0 Å². The van der Waals surface area contributed by atoms with E-state index in [1.54, 1.807) is 24.8 Å². The van der Waals surface area contributed by atoms with Crippen molar-refractivity contribution in [3.05, 3.63) is 467 Å². The van der Waals surface area contributed by atoms with Crippen LogP contribution in [0.5, 0.6) is 0 Å². The van der Waals surface area contributed by atoms with Gasteiger partial charge in [0.1, 0.15) is 0 Å². The molecule has 13 heteroatoms. The number of hydrogen-bond donors (Lipinski definition) is 0. The minimum absolute atomic E-state index is 0.939. The van der Waals surface area contributed by atoms with Gasteiger partial charge < -0.3 is 0 Å². The van der Waals surface area contributed by atoms with Crippen molar-refractivity contribution in [2.45, 2.75) is 34.6 Å². The average molecular weight is 1620 g/mol. The van der Waals surface area contributed by atoms with Crippen molar-refractivity contribution in [1.29, 1.82) is 0 Å². The number of hydrogen-bond acceptors (Lipinski definition) is 13. The Morgan fingerprint density at radius 3 is 0.632 bits per heavy atom. The summed E-state index contributed by atoms with van der Waals surface area (Å²) in [4.78, 5) is 56.6. The third-order valence-corrected chi connectivity index (χ3v) is 20.9. The molecule has 13 heterocycles. The van der Waals surface area contributed by atoms with Crippen LogP contribution < -0.4 is 0 Å². The number of aryl methyl sites for hydroxylation is 5. The smallest absolute Gasteiger partial charge is 0.0705 e. The highest BCUT2D eigenvalue weighted by molar-refractivity contribution is 5.86. The first kappa shape index (κ1) is 82.2. The fraction of sp³-hybridized carbons (Fsp3) is 0.0446. The van der Waals surface area contributed by atoms with Crippen LogP contribution in [-0.4, -0.2) is 64.8 Å². The Hall–Kier alpha value is -16.5. The maximum absolute atomic E-state index is 4.58. The van der Waals surface area contributed by atoms with E-state index in [2.05, 4.69) is 294 Å². The summed E-state index contributed by atoms with van der Waals surface area (Å²) in [6, 6.07) is 107. The normalized spacial score (nSPS) is 10.6. The standard InChI is InChI=1S/C24H19N.4C22H17N3/c1-18-12-13-25-24(14-18)23-16-21(19-8-4-2-5-9-19)15-22(17-23)20-10-6-3-7-11-20;1-16-10-22(15-25-14-16)21-12-19(17-2-6-23-7-3-17)11-20(13-21)18-4-8-24-9-5-18;1-16-6-9-25-22(10-16)21-12-19(17-4-2-7-23-14-17)11-20(13-21)18-5-3-8-24-15-18;1-16-8-22(15-25-12-16)21-10-19(17-4-2-6-23-13-17)9-20(11-21)18-5-3-7-24-14-18;1-16-8-11-25-22(12-16)19-14-17(20-6-2-4-9-23-20)13-18(15-19)21-7-3-5-10-24-21/h2-17H,1H3;4*2-15H,1H3. The topological polar surface area (TPSA) is 168 Å². The zero-order valence-corrected chi connectivity index (χ0v) is 69.9. The van der Waals surface area contributed by atoms with Crippen molar-refractivity contribution < 1.29 is 0 Å². The Bertz CT molecular complexity index is 5660. The molecule has 0 saturated heterocycles. The molecule has 0 aliphatic heterocycles. The SMILES string of the molecule is Cc1ccnc(-c2cc(-c3ccccc3)cc(-c3ccccc3)c2)c1.Cc1ccnc(-c2cc(-c3ccccn3)cc(-c3ccccn3)c2)c1.Cc1ccnc(-c2cc(-c3cccnc3)cc(-c3cccnc3)c2)c1.Cc1cncc(-c2cc(-c3cccnc3)cc(-c3cccnc3)c2)c1.Cc1cncc(-c2cc(-c3ccncc3)cc(-c3ccncc3)c2)c1. The van der Waals surface area contributed by atoms with Gasteiger partial charge in [-0.2, -0.15) is 0 Å². The summed E-state index contributed by atoms with van der Waals surface area (Å²) in [5.41, 5.74) is 38.9. The molecule has 13 nitrogen and oxygen atoms in total. The molecule has 0 aliphatic rings. The van der Waals surface area contributed by atoms with Gasteiger partial charge in [-0.3, -0.25) is 64.8 Å². The van der Waals surface area contributed by atoms with Crippen LogP contribution in [0.25, 0.3) is 168 Å². The van der Waals surface area contributed by atoms with Gasteiger partial charge in [0.2, 0.25) is 0 Å². The minimum Gasteiger partial charge on any atom is -0.265 e. The predicted octanol–water partition coefficient (Wildman–Crippen LogP) is 27.1. The van der Waals surface area contributed by atoms with E-state index in [4.69, 9.17) is 0 Å². The van der Waals surface area contributed by atoms with Crippen molar-refractivity contribution in [2.75, 3.05) is 0 Å². The van der Waals surface area contributed by atoms with Gasteiger partial charge in [0, 0.05) is 191 Å². The number of aromatic nitrogens is 13. The molecule has 0 atom stereocenters. The molecule has 125 heavy (non-hydrogen) atoms. The number of benzene rings is 7. The Morgan fingerprint density at radius 1 is 0.120 bits per heavy atom. The quantitative estimate of drug-likeness (QED) is 0.0952. The van der Waals surface area contributed by atoms with Crippen molar-refractivity contribution >= 4 is 0 Å². The molecule has 0 saturated carbocycles.